The van der Waals surface area contributed by atoms with E-state index >= 15 is 0 Å². The summed E-state index contributed by atoms with van der Waals surface area (Å²) >= 11 is 0. The molecule has 0 spiro atoms. The van der Waals surface area contributed by atoms with Crippen molar-refractivity contribution in [2.24, 2.45) is 0 Å². The van der Waals surface area contributed by atoms with Gasteiger partial charge in [-0.2, -0.15) is 10.1 Å². The second-order valence-corrected chi connectivity index (χ2v) is 4.00. The highest BCUT2D eigenvalue weighted by atomic mass is 15.3. The summed E-state index contributed by atoms with van der Waals surface area (Å²) in [6, 6.07) is 10.3. The molecule has 0 fully saturated rings. The molecule has 0 atom stereocenters. The third-order valence-corrected chi connectivity index (χ3v) is 2.53. The number of nitrogens with zero attached hydrogens (tertiary/aromatic N) is 3. The summed E-state index contributed by atoms with van der Waals surface area (Å²) in [6.07, 6.45) is 4.31. The summed E-state index contributed by atoms with van der Waals surface area (Å²) in [7, 11) is 0. The SMILES string of the molecule is C=CCNc1nncc(NCCc2ccccc2)n1. The quantitative estimate of drug-likeness (QED) is 0.742. The van der Waals surface area contributed by atoms with Crippen molar-refractivity contribution in [3.63, 3.8) is 0 Å². The molecular formula is C14H17N5. The number of hydrogen-bond donors (Lipinski definition) is 2. The first-order chi connectivity index (χ1) is 9.38. The minimum Gasteiger partial charge on any atom is -0.368 e. The first-order valence-electron chi connectivity index (χ1n) is 6.21. The van der Waals surface area contributed by atoms with E-state index in [4.69, 9.17) is 0 Å². The highest BCUT2D eigenvalue weighted by Gasteiger charge is 1.99. The molecular weight excluding hydrogens is 238 g/mol. The van der Waals surface area contributed by atoms with Gasteiger partial charge in [0.05, 0.1) is 6.20 Å². The lowest BCUT2D eigenvalue weighted by molar-refractivity contribution is 0.941. The van der Waals surface area contributed by atoms with Gasteiger partial charge in [0.15, 0.2) is 5.82 Å². The van der Waals surface area contributed by atoms with Crippen LogP contribution in [0.2, 0.25) is 0 Å². The second-order valence-electron chi connectivity index (χ2n) is 4.00. The average Bonchev–Trinajstić information content (AvgIpc) is 2.47. The van der Waals surface area contributed by atoms with Crippen LogP contribution >= 0.6 is 0 Å². The maximum Gasteiger partial charge on any atom is 0.244 e. The maximum absolute atomic E-state index is 4.30. The Kier molecular flexibility index (Phi) is 4.87. The number of aromatic nitrogens is 3. The van der Waals surface area contributed by atoms with Crippen LogP contribution in [0.3, 0.4) is 0 Å². The van der Waals surface area contributed by atoms with Crippen molar-refractivity contribution < 1.29 is 0 Å². The zero-order valence-corrected chi connectivity index (χ0v) is 10.7. The fraction of sp³-hybridized carbons (Fsp3) is 0.214. The molecule has 19 heavy (non-hydrogen) atoms. The molecule has 0 bridgehead atoms. The van der Waals surface area contributed by atoms with Gasteiger partial charge in [-0.05, 0) is 12.0 Å². The van der Waals surface area contributed by atoms with E-state index in [9.17, 15) is 0 Å². The van der Waals surface area contributed by atoms with Gasteiger partial charge in [0.1, 0.15) is 0 Å². The van der Waals surface area contributed by atoms with Crippen molar-refractivity contribution in [2.75, 3.05) is 23.7 Å². The lowest BCUT2D eigenvalue weighted by Crippen LogP contribution is -2.10. The third-order valence-electron chi connectivity index (χ3n) is 2.53. The number of anilines is 2. The Labute approximate surface area is 112 Å². The molecule has 5 nitrogen and oxygen atoms in total. The van der Waals surface area contributed by atoms with Crippen LogP contribution in [-0.2, 0) is 6.42 Å². The molecule has 98 valence electrons. The van der Waals surface area contributed by atoms with Gasteiger partial charge < -0.3 is 10.6 Å². The van der Waals surface area contributed by atoms with Crippen LogP contribution < -0.4 is 10.6 Å². The predicted octanol–water partition coefficient (Wildman–Crippen LogP) is 2.12. The van der Waals surface area contributed by atoms with Crippen molar-refractivity contribution >= 4 is 11.8 Å². The smallest absolute Gasteiger partial charge is 0.244 e. The lowest BCUT2D eigenvalue weighted by Gasteiger charge is -2.06. The van der Waals surface area contributed by atoms with E-state index in [1.807, 2.05) is 18.2 Å². The maximum atomic E-state index is 4.30. The van der Waals surface area contributed by atoms with Gasteiger partial charge in [-0.1, -0.05) is 36.4 Å². The molecule has 0 unspecified atom stereocenters. The monoisotopic (exact) mass is 255 g/mol. The molecule has 0 aliphatic rings. The van der Waals surface area contributed by atoms with E-state index in [-0.39, 0.29) is 0 Å². The summed E-state index contributed by atoms with van der Waals surface area (Å²) in [5.41, 5.74) is 1.29. The molecule has 5 heteroatoms. The molecule has 0 saturated carbocycles. The van der Waals surface area contributed by atoms with Crippen LogP contribution in [0.1, 0.15) is 5.56 Å². The van der Waals surface area contributed by atoms with Crippen LogP contribution in [0.5, 0.6) is 0 Å². The van der Waals surface area contributed by atoms with E-state index in [1.54, 1.807) is 12.3 Å². The van der Waals surface area contributed by atoms with Gasteiger partial charge in [0, 0.05) is 13.1 Å². The van der Waals surface area contributed by atoms with E-state index < -0.39 is 0 Å². The molecule has 1 aromatic carbocycles. The molecule has 0 radical (unpaired) electrons. The van der Waals surface area contributed by atoms with Crippen LogP contribution in [-0.4, -0.2) is 28.3 Å². The second kappa shape index (κ2) is 7.10. The molecule has 0 amide bonds. The van der Waals surface area contributed by atoms with Crippen molar-refractivity contribution in [1.82, 2.24) is 15.2 Å². The minimum atomic E-state index is 0.504. The van der Waals surface area contributed by atoms with Gasteiger partial charge in [0.25, 0.3) is 0 Å². The Balaban J connectivity index is 1.84. The van der Waals surface area contributed by atoms with Crippen molar-refractivity contribution in [2.45, 2.75) is 6.42 Å². The largest absolute Gasteiger partial charge is 0.368 e. The predicted molar refractivity (Wildman–Crippen MR) is 77.1 cm³/mol. The molecule has 0 aliphatic carbocycles. The molecule has 0 saturated heterocycles. The van der Waals surface area contributed by atoms with Gasteiger partial charge in [-0.25, -0.2) is 0 Å². The highest BCUT2D eigenvalue weighted by Crippen LogP contribution is 2.04. The average molecular weight is 255 g/mol. The molecule has 2 N–H and O–H groups in total. The Morgan fingerprint density at radius 1 is 1.16 bits per heavy atom. The van der Waals surface area contributed by atoms with Crippen LogP contribution in [0.25, 0.3) is 0 Å². The fourth-order valence-corrected chi connectivity index (χ4v) is 1.61. The van der Waals surface area contributed by atoms with Gasteiger partial charge in [-0.15, -0.1) is 11.7 Å². The van der Waals surface area contributed by atoms with Crippen LogP contribution in [0.4, 0.5) is 11.8 Å². The van der Waals surface area contributed by atoms with Crippen LogP contribution in [0, 0.1) is 0 Å². The molecule has 0 aliphatic heterocycles. The zero-order chi connectivity index (χ0) is 13.3. The van der Waals surface area contributed by atoms with E-state index in [2.05, 4.69) is 44.5 Å². The third kappa shape index (κ3) is 4.39. The normalized spacial score (nSPS) is 9.89. The van der Waals surface area contributed by atoms with Crippen molar-refractivity contribution in [1.29, 1.82) is 0 Å². The van der Waals surface area contributed by atoms with E-state index in [0.29, 0.717) is 12.5 Å². The molecule has 1 aromatic heterocycles. The summed E-state index contributed by atoms with van der Waals surface area (Å²) in [5, 5.41) is 14.0. The lowest BCUT2D eigenvalue weighted by atomic mass is 10.1. The molecule has 2 aromatic rings. The Morgan fingerprint density at radius 3 is 2.79 bits per heavy atom. The number of nitrogens with one attached hydrogen (secondary N) is 2. The van der Waals surface area contributed by atoms with E-state index in [1.165, 1.54) is 5.56 Å². The topological polar surface area (TPSA) is 62.7 Å². The van der Waals surface area contributed by atoms with Gasteiger partial charge in [-0.3, -0.25) is 0 Å². The van der Waals surface area contributed by atoms with Crippen molar-refractivity contribution in [3.8, 4) is 0 Å². The number of rotatable bonds is 7. The highest BCUT2D eigenvalue weighted by molar-refractivity contribution is 5.37. The van der Waals surface area contributed by atoms with Gasteiger partial charge in [0.2, 0.25) is 5.95 Å². The fourth-order valence-electron chi connectivity index (χ4n) is 1.61. The Hall–Kier alpha value is -2.43. The Bertz CT molecular complexity index is 512. The van der Waals surface area contributed by atoms with E-state index in [0.717, 1.165) is 18.8 Å². The number of benzene rings is 1. The van der Waals surface area contributed by atoms with Gasteiger partial charge >= 0.3 is 0 Å². The first kappa shape index (κ1) is 13.0. The summed E-state index contributed by atoms with van der Waals surface area (Å²) < 4.78 is 0. The van der Waals surface area contributed by atoms with Crippen molar-refractivity contribution in [3.05, 3.63) is 54.7 Å². The standard InChI is InChI=1S/C14H17N5/c1-2-9-16-14-18-13(11-17-19-14)15-10-8-12-6-4-3-5-7-12/h2-7,11H,1,8-10H2,(H2,15,16,18,19). The number of hydrogen-bond acceptors (Lipinski definition) is 5. The summed E-state index contributed by atoms with van der Waals surface area (Å²) in [4.78, 5) is 4.30. The summed E-state index contributed by atoms with van der Waals surface area (Å²) in [6.45, 7) is 5.06. The summed E-state index contributed by atoms with van der Waals surface area (Å²) in [5.74, 6) is 1.22. The Morgan fingerprint density at radius 2 is 2.00 bits per heavy atom. The zero-order valence-electron chi connectivity index (χ0n) is 10.7. The minimum absolute atomic E-state index is 0.504. The molecule has 1 heterocycles. The first-order valence-corrected chi connectivity index (χ1v) is 6.21. The molecule has 2 rings (SSSR count). The van der Waals surface area contributed by atoms with Crippen LogP contribution in [0.15, 0.2) is 49.2 Å².